The van der Waals surface area contributed by atoms with Crippen LogP contribution >= 0.6 is 0 Å². The van der Waals surface area contributed by atoms with Gasteiger partial charge in [0.1, 0.15) is 0 Å². The van der Waals surface area contributed by atoms with Gasteiger partial charge in [-0.1, -0.05) is 27.7 Å². The molecule has 2 aromatic heterocycles. The Morgan fingerprint density at radius 2 is 1.23 bits per heavy atom. The number of hydrogen-bond acceptors (Lipinski definition) is 5. The number of aromatic nitrogens is 2. The van der Waals surface area contributed by atoms with Crippen molar-refractivity contribution < 1.29 is 14.7 Å². The molecule has 3 fully saturated rings. The highest BCUT2D eigenvalue weighted by atomic mass is 16.3. The Kier molecular flexibility index (Phi) is 11.9. The van der Waals surface area contributed by atoms with Gasteiger partial charge in [-0.2, -0.15) is 0 Å². The second-order valence-electron chi connectivity index (χ2n) is 17.8. The number of likely N-dealkylation sites (tertiary alicyclic amines) is 2. The lowest BCUT2D eigenvalue weighted by molar-refractivity contribution is 0.0623. The van der Waals surface area contributed by atoms with E-state index in [-0.39, 0.29) is 24.0 Å². The van der Waals surface area contributed by atoms with Crippen molar-refractivity contribution in [3.05, 3.63) is 70.0 Å². The van der Waals surface area contributed by atoms with Gasteiger partial charge in [0.15, 0.2) is 0 Å². The number of carbonyl (C=O) groups is 2. The molecule has 2 atom stereocenters. The van der Waals surface area contributed by atoms with Gasteiger partial charge in [-0.15, -0.1) is 0 Å². The van der Waals surface area contributed by atoms with Crippen molar-refractivity contribution in [1.82, 2.24) is 29.2 Å². The summed E-state index contributed by atoms with van der Waals surface area (Å²) in [5.74, 6) is 1.85. The maximum Gasteiger partial charge on any atom is 0.253 e. The number of nitrogens with one attached hydrogen (secondary N) is 1. The summed E-state index contributed by atoms with van der Waals surface area (Å²) in [6.07, 6.45) is 11.8. The number of hydrogen-bond donors (Lipinski definition) is 2. The molecular formula is C47H66N6O3. The Bertz CT molecular complexity index is 2030. The van der Waals surface area contributed by atoms with E-state index < -0.39 is 0 Å². The lowest BCUT2D eigenvalue weighted by atomic mass is 9.98. The van der Waals surface area contributed by atoms with Crippen LogP contribution in [0.1, 0.15) is 129 Å². The smallest absolute Gasteiger partial charge is 0.253 e. The molecule has 1 unspecified atom stereocenters. The lowest BCUT2D eigenvalue weighted by Gasteiger charge is -2.34. The Balaban J connectivity index is 0.000000161. The molecule has 6 heterocycles. The first-order valence-corrected chi connectivity index (χ1v) is 22.2. The number of aliphatic hydroxyl groups is 1. The molecule has 0 spiro atoms. The Morgan fingerprint density at radius 1 is 0.696 bits per heavy atom. The first-order chi connectivity index (χ1) is 27.2. The highest BCUT2D eigenvalue weighted by Gasteiger charge is 2.35. The van der Waals surface area contributed by atoms with Crippen LogP contribution in [0, 0.1) is 11.8 Å². The molecule has 1 aliphatic carbocycles. The largest absolute Gasteiger partial charge is 0.391 e. The van der Waals surface area contributed by atoms with E-state index in [9.17, 15) is 14.7 Å². The molecule has 9 heteroatoms. The normalized spacial score (nSPS) is 22.3. The summed E-state index contributed by atoms with van der Waals surface area (Å²) in [4.78, 5) is 32.8. The van der Waals surface area contributed by atoms with Crippen molar-refractivity contribution in [3.63, 3.8) is 0 Å². The number of nitrogens with zero attached hydrogens (tertiary/aromatic N) is 5. The number of carbonyl (C=O) groups excluding carboxylic acids is 2. The molecule has 1 saturated carbocycles. The topological polar surface area (TPSA) is 86.0 Å². The van der Waals surface area contributed by atoms with Crippen LogP contribution < -0.4 is 5.32 Å². The second-order valence-corrected chi connectivity index (χ2v) is 17.8. The average molecular weight is 763 g/mol. The molecule has 5 aliphatic rings. The molecule has 56 heavy (non-hydrogen) atoms. The van der Waals surface area contributed by atoms with E-state index in [1.54, 1.807) is 0 Å². The summed E-state index contributed by atoms with van der Waals surface area (Å²) in [7, 11) is 0. The fourth-order valence-corrected chi connectivity index (χ4v) is 10.5. The monoisotopic (exact) mass is 763 g/mol. The molecule has 302 valence electrons. The zero-order valence-corrected chi connectivity index (χ0v) is 34.6. The minimum atomic E-state index is -0.191. The van der Waals surface area contributed by atoms with Crippen molar-refractivity contribution >= 4 is 33.6 Å². The number of fused-ring (bicyclic) bond motifs is 6. The molecule has 0 radical (unpaired) electrons. The molecule has 4 aromatic rings. The first kappa shape index (κ1) is 39.2. The predicted octanol–water partition coefficient (Wildman–Crippen LogP) is 7.76. The number of aliphatic hydroxyl groups excluding tert-OH is 1. The quantitative estimate of drug-likeness (QED) is 0.201. The molecule has 0 bridgehead atoms. The van der Waals surface area contributed by atoms with E-state index in [0.717, 1.165) is 159 Å². The third-order valence-corrected chi connectivity index (χ3v) is 13.9. The Hall–Kier alpha value is -3.66. The van der Waals surface area contributed by atoms with Crippen LogP contribution in [0.5, 0.6) is 0 Å². The van der Waals surface area contributed by atoms with Gasteiger partial charge in [0, 0.05) is 129 Å². The maximum atomic E-state index is 13.2. The van der Waals surface area contributed by atoms with Crippen molar-refractivity contribution in [1.29, 1.82) is 0 Å². The third kappa shape index (κ3) is 7.68. The van der Waals surface area contributed by atoms with Crippen LogP contribution in [0.3, 0.4) is 0 Å². The highest BCUT2D eigenvalue weighted by Crippen LogP contribution is 2.36. The molecular weight excluding hydrogens is 697 g/mol. The number of piperidine rings is 2. The van der Waals surface area contributed by atoms with Crippen LogP contribution in [0.2, 0.25) is 0 Å². The molecule has 2 aromatic carbocycles. The summed E-state index contributed by atoms with van der Waals surface area (Å²) >= 11 is 0. The third-order valence-electron chi connectivity index (χ3n) is 13.9. The van der Waals surface area contributed by atoms with E-state index in [1.807, 2.05) is 21.9 Å². The molecule has 9 nitrogen and oxygen atoms in total. The van der Waals surface area contributed by atoms with Crippen LogP contribution in [0.25, 0.3) is 21.8 Å². The van der Waals surface area contributed by atoms with Crippen LogP contribution in [0.15, 0.2) is 36.4 Å². The first-order valence-electron chi connectivity index (χ1n) is 22.2. The summed E-state index contributed by atoms with van der Waals surface area (Å²) in [5, 5.41) is 16.5. The van der Waals surface area contributed by atoms with Crippen molar-refractivity contribution in [2.75, 3.05) is 39.3 Å². The average Bonchev–Trinajstić information content (AvgIpc) is 3.89. The van der Waals surface area contributed by atoms with E-state index >= 15 is 0 Å². The van der Waals surface area contributed by atoms with Crippen LogP contribution in [0.4, 0.5) is 0 Å². The second kappa shape index (κ2) is 17.1. The fraction of sp³-hybridized carbons (Fsp3) is 0.617. The van der Waals surface area contributed by atoms with Crippen molar-refractivity contribution in [3.8, 4) is 0 Å². The number of rotatable bonds is 7. The van der Waals surface area contributed by atoms with Gasteiger partial charge in [-0.05, 0) is 117 Å². The SMILES string of the molecule is CCCn1c2c(c3cc(C(=O)N4CCC(C)CC4)ccc31)CN(C1CCC[C@H]1O)CC2.CCCn1c2c(c3cc(C(=O)N4CCC(C)CC4)ccc31)CNCC2. The Labute approximate surface area is 334 Å². The summed E-state index contributed by atoms with van der Waals surface area (Å²) in [5.41, 5.74) is 9.93. The van der Waals surface area contributed by atoms with Crippen LogP contribution in [-0.2, 0) is 39.0 Å². The van der Waals surface area contributed by atoms with Gasteiger partial charge in [0.05, 0.1) is 6.10 Å². The maximum absolute atomic E-state index is 13.2. The molecule has 4 aliphatic heterocycles. The number of amides is 2. The van der Waals surface area contributed by atoms with E-state index in [1.165, 1.54) is 44.3 Å². The standard InChI is InChI=1S/C26H37N3O2.C21H29N3O/c1-3-12-29-22-8-7-19(26(31)27-13-9-18(2)10-14-27)16-20(22)21-17-28(15-11-23(21)29)24-5-4-6-25(24)30;1-3-10-24-19-5-4-16(21(25)23-11-7-15(2)8-12-23)13-17(19)18-14-22-9-6-20(18)24/h7-8,16,18,24-25,30H,3-6,9-15,17H2,1-2H3;4-5,13,15,22H,3,6-12,14H2,1-2H3/t24?,25-;/m1./s1. The minimum Gasteiger partial charge on any atom is -0.391 e. The van der Waals surface area contributed by atoms with E-state index in [0.29, 0.717) is 0 Å². The van der Waals surface area contributed by atoms with Gasteiger partial charge in [-0.25, -0.2) is 0 Å². The molecule has 2 amide bonds. The van der Waals surface area contributed by atoms with Gasteiger partial charge in [0.25, 0.3) is 11.8 Å². The van der Waals surface area contributed by atoms with Gasteiger partial charge < -0.3 is 29.4 Å². The zero-order chi connectivity index (χ0) is 38.9. The molecule has 9 rings (SSSR count). The molecule has 2 N–H and O–H groups in total. The fourth-order valence-electron chi connectivity index (χ4n) is 10.5. The van der Waals surface area contributed by atoms with E-state index in [2.05, 4.69) is 71.3 Å². The van der Waals surface area contributed by atoms with Gasteiger partial charge in [0.2, 0.25) is 0 Å². The summed E-state index contributed by atoms with van der Waals surface area (Å²) in [6.45, 7) is 18.5. The van der Waals surface area contributed by atoms with E-state index in [4.69, 9.17) is 0 Å². The minimum absolute atomic E-state index is 0.185. The molecule has 2 saturated heterocycles. The lowest BCUT2D eigenvalue weighted by Crippen LogP contribution is -2.43. The summed E-state index contributed by atoms with van der Waals surface area (Å²) < 4.78 is 4.96. The van der Waals surface area contributed by atoms with Gasteiger partial charge >= 0.3 is 0 Å². The van der Waals surface area contributed by atoms with Crippen molar-refractivity contribution in [2.24, 2.45) is 11.8 Å². The predicted molar refractivity (Wildman–Crippen MR) is 226 cm³/mol. The van der Waals surface area contributed by atoms with Crippen molar-refractivity contribution in [2.45, 2.75) is 137 Å². The number of aryl methyl sites for hydroxylation is 2. The summed E-state index contributed by atoms with van der Waals surface area (Å²) in [6, 6.07) is 13.0. The highest BCUT2D eigenvalue weighted by molar-refractivity contribution is 6.00. The van der Waals surface area contributed by atoms with Crippen LogP contribution in [-0.4, -0.2) is 92.2 Å². The number of benzene rings is 2. The van der Waals surface area contributed by atoms with Gasteiger partial charge in [-0.3, -0.25) is 14.5 Å². The Morgan fingerprint density at radius 3 is 1.75 bits per heavy atom. The zero-order valence-electron chi connectivity index (χ0n) is 34.6.